The Balaban J connectivity index is 1.66. The lowest BCUT2D eigenvalue weighted by atomic mass is 10.2. The fourth-order valence-electron chi connectivity index (χ4n) is 2.59. The van der Waals surface area contributed by atoms with Gasteiger partial charge in [-0.15, -0.1) is 0 Å². The smallest absolute Gasteiger partial charge is 0.128 e. The van der Waals surface area contributed by atoms with Crippen LogP contribution in [0.2, 0.25) is 0 Å². The number of nitrogens with zero attached hydrogens (tertiary/aromatic N) is 2. The molecule has 3 rings (SSSR count). The molecule has 3 heteroatoms. The Labute approximate surface area is 103 Å². The first kappa shape index (κ1) is 11.0. The predicted octanol–water partition coefficient (Wildman–Crippen LogP) is 2.05. The van der Waals surface area contributed by atoms with Gasteiger partial charge in [0.15, 0.2) is 0 Å². The van der Waals surface area contributed by atoms with Gasteiger partial charge in [-0.3, -0.25) is 0 Å². The highest BCUT2D eigenvalue weighted by atomic mass is 15.2. The van der Waals surface area contributed by atoms with Gasteiger partial charge >= 0.3 is 0 Å². The fraction of sp³-hybridized carbons (Fsp3) is 0.643. The van der Waals surface area contributed by atoms with Crippen molar-refractivity contribution in [2.24, 2.45) is 5.92 Å². The summed E-state index contributed by atoms with van der Waals surface area (Å²) >= 11 is 0. The summed E-state index contributed by atoms with van der Waals surface area (Å²) in [6, 6.07) is 6.88. The molecule has 0 bridgehead atoms. The molecule has 0 amide bonds. The summed E-state index contributed by atoms with van der Waals surface area (Å²) in [6.07, 6.45) is 7.35. The Hall–Kier alpha value is -1.09. The SMILES string of the molecule is c1ccc(N(CC2CC2)CC2CCCN2)nc1. The van der Waals surface area contributed by atoms with E-state index in [0.717, 1.165) is 18.3 Å². The summed E-state index contributed by atoms with van der Waals surface area (Å²) < 4.78 is 0. The van der Waals surface area contributed by atoms with Gasteiger partial charge in [-0.05, 0) is 50.3 Å². The Morgan fingerprint density at radius 1 is 1.24 bits per heavy atom. The zero-order chi connectivity index (χ0) is 11.5. The zero-order valence-electron chi connectivity index (χ0n) is 10.3. The molecule has 1 aromatic rings. The molecule has 1 saturated heterocycles. The second kappa shape index (κ2) is 5.05. The van der Waals surface area contributed by atoms with E-state index in [0.29, 0.717) is 6.04 Å². The molecule has 92 valence electrons. The maximum Gasteiger partial charge on any atom is 0.128 e. The molecule has 2 fully saturated rings. The number of hydrogen-bond acceptors (Lipinski definition) is 3. The quantitative estimate of drug-likeness (QED) is 0.840. The predicted molar refractivity (Wildman–Crippen MR) is 70.2 cm³/mol. The Morgan fingerprint density at radius 3 is 2.82 bits per heavy atom. The van der Waals surface area contributed by atoms with Crippen molar-refractivity contribution in [3.8, 4) is 0 Å². The van der Waals surface area contributed by atoms with Crippen molar-refractivity contribution >= 4 is 5.82 Å². The highest BCUT2D eigenvalue weighted by Crippen LogP contribution is 2.31. The second-order valence-corrected chi connectivity index (χ2v) is 5.33. The van der Waals surface area contributed by atoms with E-state index in [1.165, 1.54) is 38.8 Å². The molecule has 1 atom stereocenters. The third-order valence-corrected chi connectivity index (χ3v) is 3.75. The van der Waals surface area contributed by atoms with E-state index >= 15 is 0 Å². The van der Waals surface area contributed by atoms with Crippen LogP contribution in [-0.2, 0) is 0 Å². The molecule has 2 aliphatic rings. The Kier molecular flexibility index (Phi) is 3.27. The van der Waals surface area contributed by atoms with Crippen LogP contribution in [0.3, 0.4) is 0 Å². The van der Waals surface area contributed by atoms with E-state index in [2.05, 4.69) is 27.3 Å². The molecule has 0 aromatic carbocycles. The summed E-state index contributed by atoms with van der Waals surface area (Å²) in [4.78, 5) is 6.97. The minimum Gasteiger partial charge on any atom is -0.355 e. The summed E-state index contributed by atoms with van der Waals surface area (Å²) in [6.45, 7) is 3.49. The van der Waals surface area contributed by atoms with Crippen LogP contribution in [0, 0.1) is 5.92 Å². The van der Waals surface area contributed by atoms with Gasteiger partial charge in [0.05, 0.1) is 0 Å². The topological polar surface area (TPSA) is 28.2 Å². The minimum absolute atomic E-state index is 0.663. The Morgan fingerprint density at radius 2 is 2.18 bits per heavy atom. The molecule has 1 N–H and O–H groups in total. The van der Waals surface area contributed by atoms with Crippen LogP contribution in [0.15, 0.2) is 24.4 Å². The van der Waals surface area contributed by atoms with Crippen molar-refractivity contribution in [3.63, 3.8) is 0 Å². The first-order valence-electron chi connectivity index (χ1n) is 6.81. The van der Waals surface area contributed by atoms with Gasteiger partial charge in [0.25, 0.3) is 0 Å². The van der Waals surface area contributed by atoms with E-state index in [9.17, 15) is 0 Å². The monoisotopic (exact) mass is 231 g/mol. The van der Waals surface area contributed by atoms with E-state index in [4.69, 9.17) is 0 Å². The van der Waals surface area contributed by atoms with Crippen molar-refractivity contribution in [2.45, 2.75) is 31.7 Å². The number of aromatic nitrogens is 1. The third kappa shape index (κ3) is 2.97. The Bertz CT molecular complexity index is 342. The molecule has 1 unspecified atom stereocenters. The molecule has 1 saturated carbocycles. The first-order valence-corrected chi connectivity index (χ1v) is 6.81. The van der Waals surface area contributed by atoms with Crippen LogP contribution >= 0.6 is 0 Å². The van der Waals surface area contributed by atoms with Gasteiger partial charge in [-0.1, -0.05) is 6.07 Å². The van der Waals surface area contributed by atoms with Crippen molar-refractivity contribution in [3.05, 3.63) is 24.4 Å². The third-order valence-electron chi connectivity index (χ3n) is 3.75. The lowest BCUT2D eigenvalue weighted by Crippen LogP contribution is -2.39. The maximum absolute atomic E-state index is 4.50. The molecule has 0 radical (unpaired) electrons. The number of nitrogens with one attached hydrogen (secondary N) is 1. The van der Waals surface area contributed by atoms with Crippen molar-refractivity contribution < 1.29 is 0 Å². The van der Waals surface area contributed by atoms with Crippen molar-refractivity contribution in [1.29, 1.82) is 0 Å². The van der Waals surface area contributed by atoms with E-state index in [-0.39, 0.29) is 0 Å². The highest BCUT2D eigenvalue weighted by molar-refractivity contribution is 5.38. The van der Waals surface area contributed by atoms with Crippen LogP contribution in [0.1, 0.15) is 25.7 Å². The van der Waals surface area contributed by atoms with Crippen molar-refractivity contribution in [2.75, 3.05) is 24.5 Å². The average Bonchev–Trinajstić information content (AvgIpc) is 3.04. The maximum atomic E-state index is 4.50. The molecule has 1 aromatic heterocycles. The van der Waals surface area contributed by atoms with Crippen LogP contribution in [0.25, 0.3) is 0 Å². The lowest BCUT2D eigenvalue weighted by Gasteiger charge is -2.26. The van der Waals surface area contributed by atoms with Crippen LogP contribution in [0.5, 0.6) is 0 Å². The van der Waals surface area contributed by atoms with Gasteiger partial charge < -0.3 is 10.2 Å². The molecular formula is C14H21N3. The van der Waals surface area contributed by atoms with Gasteiger partial charge in [-0.2, -0.15) is 0 Å². The van der Waals surface area contributed by atoms with Gasteiger partial charge in [0, 0.05) is 25.3 Å². The van der Waals surface area contributed by atoms with Gasteiger partial charge in [-0.25, -0.2) is 4.98 Å². The van der Waals surface area contributed by atoms with Gasteiger partial charge in [0.2, 0.25) is 0 Å². The summed E-state index contributed by atoms with van der Waals surface area (Å²) in [7, 11) is 0. The number of anilines is 1. The molecule has 17 heavy (non-hydrogen) atoms. The van der Waals surface area contributed by atoms with Crippen molar-refractivity contribution in [1.82, 2.24) is 10.3 Å². The fourth-order valence-corrected chi connectivity index (χ4v) is 2.59. The molecule has 1 aliphatic carbocycles. The first-order chi connectivity index (χ1) is 8.42. The largest absolute Gasteiger partial charge is 0.355 e. The standard InChI is InChI=1S/C14H21N3/c1-2-8-16-14(5-1)17(10-12-6-7-12)11-13-4-3-9-15-13/h1-2,5,8,12-13,15H,3-4,6-7,9-11H2. The number of pyridine rings is 1. The van der Waals surface area contributed by atoms with Crippen LogP contribution in [-0.4, -0.2) is 30.7 Å². The van der Waals surface area contributed by atoms with E-state index < -0.39 is 0 Å². The van der Waals surface area contributed by atoms with E-state index in [1.807, 2.05) is 12.3 Å². The summed E-state index contributed by atoms with van der Waals surface area (Å²) in [5, 5.41) is 3.58. The number of rotatable bonds is 5. The summed E-state index contributed by atoms with van der Waals surface area (Å²) in [5.74, 6) is 2.06. The molecule has 3 nitrogen and oxygen atoms in total. The molecule has 1 aliphatic heterocycles. The van der Waals surface area contributed by atoms with Gasteiger partial charge in [0.1, 0.15) is 5.82 Å². The molecule has 0 spiro atoms. The highest BCUT2D eigenvalue weighted by Gasteiger charge is 2.27. The number of hydrogen-bond donors (Lipinski definition) is 1. The minimum atomic E-state index is 0.663. The zero-order valence-corrected chi connectivity index (χ0v) is 10.3. The lowest BCUT2D eigenvalue weighted by molar-refractivity contribution is 0.567. The van der Waals surface area contributed by atoms with Crippen LogP contribution < -0.4 is 10.2 Å². The average molecular weight is 231 g/mol. The van der Waals surface area contributed by atoms with E-state index in [1.54, 1.807) is 0 Å². The summed E-state index contributed by atoms with van der Waals surface area (Å²) in [5.41, 5.74) is 0. The second-order valence-electron chi connectivity index (χ2n) is 5.33. The normalized spacial score (nSPS) is 23.9. The van der Waals surface area contributed by atoms with Crippen LogP contribution in [0.4, 0.5) is 5.82 Å². The molecule has 2 heterocycles. The molecular weight excluding hydrogens is 210 g/mol.